The van der Waals surface area contributed by atoms with Gasteiger partial charge in [0.05, 0.1) is 12.1 Å². The molecule has 0 spiro atoms. The Morgan fingerprint density at radius 2 is 1.81 bits per heavy atom. The first kappa shape index (κ1) is 14.2. The molecule has 0 unspecified atom stereocenters. The molecule has 2 aromatic rings. The van der Waals surface area contributed by atoms with Gasteiger partial charge in [0.15, 0.2) is 0 Å². The van der Waals surface area contributed by atoms with E-state index in [0.29, 0.717) is 15.6 Å². The minimum Gasteiger partial charge on any atom is -0.273 e. The zero-order valence-corrected chi connectivity index (χ0v) is 13.2. The number of halogens is 1. The van der Waals surface area contributed by atoms with E-state index in [4.69, 9.17) is 5.14 Å². The summed E-state index contributed by atoms with van der Waals surface area (Å²) < 4.78 is 24.6. The molecule has 0 fully saturated rings. The largest absolute Gasteiger partial charge is 0.305 e. The number of carbonyl (C=O) groups excluding carboxylic acids is 1. The highest BCUT2D eigenvalue weighted by Crippen LogP contribution is 2.34. The lowest BCUT2D eigenvalue weighted by molar-refractivity contribution is -0.116. The summed E-state index contributed by atoms with van der Waals surface area (Å²) in [6.45, 7) is 0. The van der Waals surface area contributed by atoms with Crippen molar-refractivity contribution in [3.05, 3.63) is 52.5 Å². The smallest absolute Gasteiger partial charge is 0.273 e. The zero-order chi connectivity index (χ0) is 15.2. The van der Waals surface area contributed by atoms with E-state index in [9.17, 15) is 13.2 Å². The van der Waals surface area contributed by atoms with E-state index in [1.807, 2.05) is 30.3 Å². The van der Waals surface area contributed by atoms with Gasteiger partial charge >= 0.3 is 10.2 Å². The Labute approximate surface area is 130 Å². The van der Waals surface area contributed by atoms with Crippen molar-refractivity contribution in [1.29, 1.82) is 0 Å². The monoisotopic (exact) mass is 366 g/mol. The van der Waals surface area contributed by atoms with Crippen molar-refractivity contribution in [3.8, 4) is 11.1 Å². The molecule has 0 radical (unpaired) electrons. The Bertz CT molecular complexity index is 849. The molecule has 0 bridgehead atoms. The predicted octanol–water partition coefficient (Wildman–Crippen LogP) is 2.21. The van der Waals surface area contributed by atoms with Crippen molar-refractivity contribution >= 4 is 37.7 Å². The number of benzene rings is 2. The first-order chi connectivity index (χ1) is 9.86. The van der Waals surface area contributed by atoms with E-state index in [1.54, 1.807) is 12.1 Å². The number of carbonyl (C=O) groups is 1. The SMILES string of the molecule is NS(=O)(=O)N1C(=O)Cc2cc(-c3cccc(Br)c3)ccc21. The molecule has 2 aromatic carbocycles. The van der Waals surface area contributed by atoms with Gasteiger partial charge in [-0.15, -0.1) is 0 Å². The third-order valence-electron chi connectivity index (χ3n) is 3.28. The predicted molar refractivity (Wildman–Crippen MR) is 83.9 cm³/mol. The van der Waals surface area contributed by atoms with Crippen molar-refractivity contribution in [3.63, 3.8) is 0 Å². The average Bonchev–Trinajstić information content (AvgIpc) is 2.73. The minimum absolute atomic E-state index is 0.0353. The third kappa shape index (κ3) is 2.59. The van der Waals surface area contributed by atoms with Crippen LogP contribution < -0.4 is 9.44 Å². The normalized spacial score (nSPS) is 14.4. The maximum atomic E-state index is 11.8. The lowest BCUT2D eigenvalue weighted by Crippen LogP contribution is -2.38. The maximum absolute atomic E-state index is 11.8. The minimum atomic E-state index is -4.07. The quantitative estimate of drug-likeness (QED) is 0.884. The van der Waals surface area contributed by atoms with E-state index >= 15 is 0 Å². The summed E-state index contributed by atoms with van der Waals surface area (Å²) in [6, 6.07) is 12.9. The van der Waals surface area contributed by atoms with Crippen LogP contribution >= 0.6 is 15.9 Å². The molecule has 0 atom stereocenters. The van der Waals surface area contributed by atoms with Crippen LogP contribution in [0, 0.1) is 0 Å². The summed E-state index contributed by atoms with van der Waals surface area (Å²) in [5, 5.41) is 5.09. The molecule has 108 valence electrons. The summed E-state index contributed by atoms with van der Waals surface area (Å²) in [4.78, 5) is 11.8. The van der Waals surface area contributed by atoms with Gasteiger partial charge in [-0.3, -0.25) is 4.79 Å². The second kappa shape index (κ2) is 4.94. The molecular formula is C14H11BrN2O3S. The molecule has 0 saturated carbocycles. The van der Waals surface area contributed by atoms with Crippen molar-refractivity contribution < 1.29 is 13.2 Å². The Hall–Kier alpha value is -1.70. The van der Waals surface area contributed by atoms with Crippen LogP contribution in [-0.2, 0) is 21.4 Å². The van der Waals surface area contributed by atoms with Gasteiger partial charge in [-0.25, -0.2) is 5.14 Å². The van der Waals surface area contributed by atoms with Gasteiger partial charge in [0.1, 0.15) is 0 Å². The number of hydrogen-bond acceptors (Lipinski definition) is 3. The summed E-state index contributed by atoms with van der Waals surface area (Å²) in [6.07, 6.45) is 0.0353. The van der Waals surface area contributed by atoms with Gasteiger partial charge in [-0.05, 0) is 41.0 Å². The van der Waals surface area contributed by atoms with Crippen LogP contribution in [0.3, 0.4) is 0 Å². The zero-order valence-electron chi connectivity index (χ0n) is 10.8. The second-order valence-electron chi connectivity index (χ2n) is 4.73. The third-order valence-corrected chi connectivity index (χ3v) is 4.68. The fraction of sp³-hybridized carbons (Fsp3) is 0.0714. The first-order valence-electron chi connectivity index (χ1n) is 6.11. The number of fused-ring (bicyclic) bond motifs is 1. The molecule has 1 amide bonds. The Balaban J connectivity index is 2.09. The Morgan fingerprint density at radius 3 is 2.48 bits per heavy atom. The Morgan fingerprint density at radius 1 is 1.10 bits per heavy atom. The molecule has 2 N–H and O–H groups in total. The van der Waals surface area contributed by atoms with Crippen LogP contribution in [0.15, 0.2) is 46.9 Å². The van der Waals surface area contributed by atoms with Crippen molar-refractivity contribution in [2.45, 2.75) is 6.42 Å². The fourth-order valence-electron chi connectivity index (χ4n) is 2.42. The van der Waals surface area contributed by atoms with Crippen LogP contribution in [-0.4, -0.2) is 14.3 Å². The first-order valence-corrected chi connectivity index (χ1v) is 8.40. The van der Waals surface area contributed by atoms with E-state index in [-0.39, 0.29) is 6.42 Å². The highest BCUT2D eigenvalue weighted by atomic mass is 79.9. The van der Waals surface area contributed by atoms with Gasteiger partial charge in [0, 0.05) is 4.47 Å². The molecule has 5 nitrogen and oxygen atoms in total. The van der Waals surface area contributed by atoms with E-state index in [1.165, 1.54) is 0 Å². The number of hydrogen-bond donors (Lipinski definition) is 1. The number of rotatable bonds is 2. The number of nitrogens with zero attached hydrogens (tertiary/aromatic N) is 1. The fourth-order valence-corrected chi connectivity index (χ4v) is 3.62. The van der Waals surface area contributed by atoms with Crippen molar-refractivity contribution in [1.82, 2.24) is 0 Å². The summed E-state index contributed by atoms with van der Waals surface area (Å²) in [7, 11) is -4.07. The van der Waals surface area contributed by atoms with Crippen LogP contribution in [0.1, 0.15) is 5.56 Å². The molecule has 3 rings (SSSR count). The van der Waals surface area contributed by atoms with Gasteiger partial charge in [0.25, 0.3) is 0 Å². The topological polar surface area (TPSA) is 80.5 Å². The molecule has 7 heteroatoms. The van der Waals surface area contributed by atoms with Gasteiger partial charge in [-0.1, -0.05) is 34.1 Å². The lowest BCUT2D eigenvalue weighted by Gasteiger charge is -2.14. The molecular weight excluding hydrogens is 356 g/mol. The molecule has 0 aromatic heterocycles. The molecule has 21 heavy (non-hydrogen) atoms. The van der Waals surface area contributed by atoms with Crippen molar-refractivity contribution in [2.24, 2.45) is 5.14 Å². The average molecular weight is 367 g/mol. The van der Waals surface area contributed by atoms with Crippen LogP contribution in [0.4, 0.5) is 5.69 Å². The molecule has 0 aliphatic carbocycles. The van der Waals surface area contributed by atoms with E-state index in [2.05, 4.69) is 15.9 Å². The lowest BCUT2D eigenvalue weighted by atomic mass is 10.0. The van der Waals surface area contributed by atoms with Crippen LogP contribution in [0.25, 0.3) is 11.1 Å². The number of anilines is 1. The number of nitrogens with two attached hydrogens (primary N) is 1. The maximum Gasteiger partial charge on any atom is 0.305 e. The second-order valence-corrected chi connectivity index (χ2v) is 7.04. The summed E-state index contributed by atoms with van der Waals surface area (Å²) in [5.74, 6) is -0.529. The van der Waals surface area contributed by atoms with E-state index in [0.717, 1.165) is 15.6 Å². The van der Waals surface area contributed by atoms with E-state index < -0.39 is 16.1 Å². The molecule has 0 saturated heterocycles. The molecule has 1 aliphatic heterocycles. The van der Waals surface area contributed by atoms with Gasteiger partial charge in [-0.2, -0.15) is 12.7 Å². The van der Waals surface area contributed by atoms with Crippen molar-refractivity contribution in [2.75, 3.05) is 4.31 Å². The molecule has 1 heterocycles. The van der Waals surface area contributed by atoms with Crippen LogP contribution in [0.2, 0.25) is 0 Å². The molecule has 1 aliphatic rings. The Kier molecular flexibility index (Phi) is 3.35. The highest BCUT2D eigenvalue weighted by Gasteiger charge is 2.34. The van der Waals surface area contributed by atoms with Gasteiger partial charge in [0.2, 0.25) is 5.91 Å². The highest BCUT2D eigenvalue weighted by molar-refractivity contribution is 9.10. The summed E-state index contributed by atoms with van der Waals surface area (Å²) in [5.41, 5.74) is 2.89. The van der Waals surface area contributed by atoms with Gasteiger partial charge < -0.3 is 0 Å². The van der Waals surface area contributed by atoms with Crippen LogP contribution in [0.5, 0.6) is 0 Å². The number of amides is 1. The summed E-state index contributed by atoms with van der Waals surface area (Å²) >= 11 is 3.41. The standard InChI is InChI=1S/C14H11BrN2O3S/c15-12-3-1-2-9(7-12)10-4-5-13-11(6-10)8-14(18)17(13)21(16,19)20/h1-7H,8H2,(H2,16,19,20).